The Hall–Kier alpha value is -2.99. The Kier molecular flexibility index (Phi) is 8.55. The van der Waals surface area contributed by atoms with Crippen LogP contribution < -0.4 is 5.32 Å². The largest absolute Gasteiger partial charge is 0.456 e. The number of hydrogen-bond donors (Lipinski definition) is 1. The van der Waals surface area contributed by atoms with Crippen LogP contribution in [0.4, 0.5) is 0 Å². The van der Waals surface area contributed by atoms with E-state index in [-0.39, 0.29) is 24.4 Å². The summed E-state index contributed by atoms with van der Waals surface area (Å²) in [6, 6.07) is 14.9. The predicted octanol–water partition coefficient (Wildman–Crippen LogP) is 3.16. The van der Waals surface area contributed by atoms with E-state index in [0.717, 1.165) is 5.56 Å². The maximum atomic E-state index is 12.0. The molecule has 0 spiro atoms. The van der Waals surface area contributed by atoms with Crippen molar-refractivity contribution in [1.82, 2.24) is 5.32 Å². The van der Waals surface area contributed by atoms with E-state index in [2.05, 4.69) is 5.32 Å². The van der Waals surface area contributed by atoms with Gasteiger partial charge in [-0.25, -0.2) is 0 Å². The zero-order valence-electron chi connectivity index (χ0n) is 16.0. The van der Waals surface area contributed by atoms with Crippen LogP contribution in [-0.2, 0) is 25.5 Å². The number of amides is 1. The van der Waals surface area contributed by atoms with Gasteiger partial charge in [0.05, 0.1) is 12.5 Å². The van der Waals surface area contributed by atoms with Gasteiger partial charge in [0, 0.05) is 17.0 Å². The summed E-state index contributed by atoms with van der Waals surface area (Å²) >= 11 is 5.77. The second-order valence-electron chi connectivity index (χ2n) is 6.51. The van der Waals surface area contributed by atoms with E-state index in [1.165, 1.54) is 6.92 Å². The van der Waals surface area contributed by atoms with E-state index in [9.17, 15) is 19.2 Å². The van der Waals surface area contributed by atoms with Crippen molar-refractivity contribution in [3.8, 4) is 0 Å². The van der Waals surface area contributed by atoms with Gasteiger partial charge < -0.3 is 10.1 Å². The first-order chi connectivity index (χ1) is 13.8. The molecule has 0 heterocycles. The van der Waals surface area contributed by atoms with Crippen LogP contribution in [0.15, 0.2) is 54.6 Å². The average Bonchev–Trinajstić information content (AvgIpc) is 2.71. The van der Waals surface area contributed by atoms with Crippen LogP contribution in [0.25, 0.3) is 0 Å². The Morgan fingerprint density at radius 1 is 0.966 bits per heavy atom. The van der Waals surface area contributed by atoms with Crippen molar-refractivity contribution in [3.63, 3.8) is 0 Å². The Morgan fingerprint density at radius 3 is 2.24 bits per heavy atom. The fourth-order valence-corrected chi connectivity index (χ4v) is 2.72. The summed E-state index contributed by atoms with van der Waals surface area (Å²) in [7, 11) is 0. The number of ketones is 2. The van der Waals surface area contributed by atoms with Gasteiger partial charge in [0.1, 0.15) is 0 Å². The van der Waals surface area contributed by atoms with Gasteiger partial charge in [0.2, 0.25) is 0 Å². The van der Waals surface area contributed by atoms with E-state index in [1.807, 2.05) is 30.3 Å². The minimum absolute atomic E-state index is 0.0356. The van der Waals surface area contributed by atoms with Gasteiger partial charge in [-0.1, -0.05) is 41.9 Å². The molecule has 1 amide bonds. The van der Waals surface area contributed by atoms with Crippen molar-refractivity contribution in [2.45, 2.75) is 32.2 Å². The number of carbonyl (C=O) groups is 4. The fourth-order valence-electron chi connectivity index (χ4n) is 2.60. The van der Waals surface area contributed by atoms with Gasteiger partial charge in [-0.2, -0.15) is 0 Å². The molecule has 0 saturated carbocycles. The summed E-state index contributed by atoms with van der Waals surface area (Å²) in [4.78, 5) is 47.6. The highest BCUT2D eigenvalue weighted by Gasteiger charge is 2.19. The third-order valence-electron chi connectivity index (χ3n) is 4.20. The van der Waals surface area contributed by atoms with E-state index >= 15 is 0 Å². The lowest BCUT2D eigenvalue weighted by Gasteiger charge is -2.16. The number of rotatable bonds is 10. The summed E-state index contributed by atoms with van der Waals surface area (Å²) in [5, 5.41) is 3.09. The Labute approximate surface area is 174 Å². The molecule has 0 fully saturated rings. The normalized spacial score (nSPS) is 11.4. The maximum absolute atomic E-state index is 12.0. The van der Waals surface area contributed by atoms with E-state index in [4.69, 9.17) is 16.3 Å². The van der Waals surface area contributed by atoms with Gasteiger partial charge in [0.15, 0.2) is 18.2 Å². The number of hydrogen-bond acceptors (Lipinski definition) is 5. The number of halogens is 1. The third-order valence-corrected chi connectivity index (χ3v) is 4.45. The minimum atomic E-state index is -0.699. The molecule has 0 aliphatic heterocycles. The number of Topliss-reactive ketones (excluding diaryl/α,β-unsaturated/α-hetero) is 2. The molecular formula is C22H22ClNO5. The lowest BCUT2D eigenvalue weighted by atomic mass is 10.0. The molecule has 2 aromatic rings. The average molecular weight is 416 g/mol. The number of nitrogens with one attached hydrogen (secondary N) is 1. The van der Waals surface area contributed by atoms with Gasteiger partial charge in [-0.15, -0.1) is 0 Å². The molecular weight excluding hydrogens is 394 g/mol. The number of esters is 1. The van der Waals surface area contributed by atoms with Gasteiger partial charge in [0.25, 0.3) is 5.91 Å². The van der Waals surface area contributed by atoms with Gasteiger partial charge >= 0.3 is 5.97 Å². The summed E-state index contributed by atoms with van der Waals surface area (Å²) in [5.41, 5.74) is 1.36. The standard InChI is InChI=1S/C22H22ClNO5/c1-15(25)19(13-16-5-3-2-4-6-16)24-21(27)14-29-22(28)12-11-20(26)17-7-9-18(23)10-8-17/h2-10,19H,11-14H2,1H3,(H,24,27)/t19-/m0/s1. The number of ether oxygens (including phenoxy) is 1. The van der Waals surface area contributed by atoms with Crippen LogP contribution in [0.3, 0.4) is 0 Å². The summed E-state index contributed by atoms with van der Waals surface area (Å²) in [6.45, 7) is 0.884. The highest BCUT2D eigenvalue weighted by atomic mass is 35.5. The van der Waals surface area contributed by atoms with E-state index in [1.54, 1.807) is 24.3 Å². The van der Waals surface area contributed by atoms with Crippen LogP contribution in [0.2, 0.25) is 5.02 Å². The van der Waals surface area contributed by atoms with Crippen LogP contribution in [0.5, 0.6) is 0 Å². The molecule has 1 atom stereocenters. The smallest absolute Gasteiger partial charge is 0.306 e. The molecule has 152 valence electrons. The molecule has 0 aliphatic carbocycles. The monoisotopic (exact) mass is 415 g/mol. The molecule has 0 bridgehead atoms. The molecule has 2 aromatic carbocycles. The number of benzene rings is 2. The van der Waals surface area contributed by atoms with E-state index < -0.39 is 24.5 Å². The van der Waals surface area contributed by atoms with Crippen molar-refractivity contribution in [2.75, 3.05) is 6.61 Å². The molecule has 0 aliphatic rings. The number of carbonyl (C=O) groups excluding carboxylic acids is 4. The second kappa shape index (κ2) is 11.1. The lowest BCUT2D eigenvalue weighted by Crippen LogP contribution is -2.43. The molecule has 0 saturated heterocycles. The third kappa shape index (κ3) is 7.87. The van der Waals surface area contributed by atoms with Gasteiger partial charge in [-0.3, -0.25) is 19.2 Å². The van der Waals surface area contributed by atoms with Gasteiger partial charge in [-0.05, 0) is 43.2 Å². The fraction of sp³-hybridized carbons (Fsp3) is 0.273. The van der Waals surface area contributed by atoms with Crippen molar-refractivity contribution in [3.05, 3.63) is 70.7 Å². The molecule has 7 heteroatoms. The molecule has 0 radical (unpaired) electrons. The molecule has 0 unspecified atom stereocenters. The topological polar surface area (TPSA) is 89.5 Å². The quantitative estimate of drug-likeness (QED) is 0.475. The first-order valence-electron chi connectivity index (χ1n) is 9.13. The molecule has 29 heavy (non-hydrogen) atoms. The van der Waals surface area contributed by atoms with Crippen LogP contribution in [0, 0.1) is 0 Å². The molecule has 0 aromatic heterocycles. The maximum Gasteiger partial charge on any atom is 0.306 e. The Bertz CT molecular complexity index is 865. The molecule has 1 N–H and O–H groups in total. The van der Waals surface area contributed by atoms with Crippen LogP contribution >= 0.6 is 11.6 Å². The first kappa shape index (κ1) is 22.3. The molecule has 6 nitrogen and oxygen atoms in total. The summed E-state index contributed by atoms with van der Waals surface area (Å²) < 4.78 is 4.90. The zero-order chi connectivity index (χ0) is 21.2. The second-order valence-corrected chi connectivity index (χ2v) is 6.95. The van der Waals surface area contributed by atoms with Crippen molar-refractivity contribution < 1.29 is 23.9 Å². The summed E-state index contributed by atoms with van der Waals surface area (Å²) in [6.07, 6.45) is 0.173. The first-order valence-corrected chi connectivity index (χ1v) is 9.51. The minimum Gasteiger partial charge on any atom is -0.456 e. The predicted molar refractivity (Wildman–Crippen MR) is 109 cm³/mol. The Balaban J connectivity index is 1.75. The Morgan fingerprint density at radius 2 is 1.62 bits per heavy atom. The highest BCUT2D eigenvalue weighted by Crippen LogP contribution is 2.12. The zero-order valence-corrected chi connectivity index (χ0v) is 16.8. The van der Waals surface area contributed by atoms with E-state index in [0.29, 0.717) is 17.0 Å². The van der Waals surface area contributed by atoms with Crippen molar-refractivity contribution in [1.29, 1.82) is 0 Å². The van der Waals surface area contributed by atoms with Crippen molar-refractivity contribution >= 4 is 35.0 Å². The lowest BCUT2D eigenvalue weighted by molar-refractivity contribution is -0.148. The van der Waals surface area contributed by atoms with Crippen molar-refractivity contribution in [2.24, 2.45) is 0 Å². The van der Waals surface area contributed by atoms with Crippen LogP contribution in [0.1, 0.15) is 35.7 Å². The molecule has 2 rings (SSSR count). The van der Waals surface area contributed by atoms with Crippen LogP contribution in [-0.4, -0.2) is 36.1 Å². The highest BCUT2D eigenvalue weighted by molar-refractivity contribution is 6.30. The summed E-state index contributed by atoms with van der Waals surface area (Å²) in [5.74, 6) is -1.65. The SMILES string of the molecule is CC(=O)[C@H](Cc1ccccc1)NC(=O)COC(=O)CCC(=O)c1ccc(Cl)cc1.